The van der Waals surface area contributed by atoms with Gasteiger partial charge in [0, 0.05) is 23.0 Å². The molecule has 0 aromatic carbocycles. The highest BCUT2D eigenvalue weighted by Crippen LogP contribution is 2.18. The van der Waals surface area contributed by atoms with E-state index in [1.807, 2.05) is 25.6 Å². The molecule has 1 unspecified atom stereocenters. The third-order valence-electron chi connectivity index (χ3n) is 3.96. The maximum Gasteiger partial charge on any atom is 0.0311 e. The zero-order valence-electron chi connectivity index (χ0n) is 21.0. The van der Waals surface area contributed by atoms with Gasteiger partial charge in [-0.05, 0) is 66.2 Å². The van der Waals surface area contributed by atoms with Crippen molar-refractivity contribution >= 4 is 11.8 Å². The van der Waals surface area contributed by atoms with Gasteiger partial charge < -0.3 is 4.90 Å². The van der Waals surface area contributed by atoms with Crippen LogP contribution in [0.5, 0.6) is 0 Å². The van der Waals surface area contributed by atoms with E-state index in [0.717, 1.165) is 11.6 Å². The molecule has 1 nitrogen and oxygen atoms in total. The lowest BCUT2D eigenvalue weighted by atomic mass is 10.00. The van der Waals surface area contributed by atoms with Crippen LogP contribution in [-0.4, -0.2) is 28.5 Å². The molecule has 0 amide bonds. The van der Waals surface area contributed by atoms with E-state index in [1.54, 1.807) is 6.08 Å². The lowest BCUT2D eigenvalue weighted by molar-refractivity contribution is 0.229. The summed E-state index contributed by atoms with van der Waals surface area (Å²) in [5.74, 6) is 0.722. The van der Waals surface area contributed by atoms with Gasteiger partial charge >= 0.3 is 0 Å². The SMILES string of the molecule is C=C(C)C(C)CCC.C=C(C)N(C)C(C)(C)C.C=C=CC.CSC(C)(C)C. The molecule has 2 heteroatoms. The second kappa shape index (κ2) is 18.5. The first-order chi connectivity index (χ1) is 12.0. The third kappa shape index (κ3) is 33.2. The summed E-state index contributed by atoms with van der Waals surface area (Å²) in [5.41, 5.74) is 5.20. The lowest BCUT2D eigenvalue weighted by Gasteiger charge is -2.34. The van der Waals surface area contributed by atoms with Gasteiger partial charge in [-0.25, -0.2) is 0 Å². The molecule has 0 aliphatic carbocycles. The molecule has 0 fully saturated rings. The first-order valence-corrected chi connectivity index (χ1v) is 11.1. The minimum Gasteiger partial charge on any atom is -0.374 e. The van der Waals surface area contributed by atoms with Gasteiger partial charge in [-0.3, -0.25) is 0 Å². The second-order valence-electron chi connectivity index (χ2n) is 8.81. The minimum absolute atomic E-state index is 0.214. The summed E-state index contributed by atoms with van der Waals surface area (Å²) in [6, 6.07) is 0. The fourth-order valence-electron chi connectivity index (χ4n) is 1.25. The summed E-state index contributed by atoms with van der Waals surface area (Å²) in [5, 5.41) is 0. The van der Waals surface area contributed by atoms with Crippen LogP contribution in [-0.2, 0) is 0 Å². The zero-order valence-corrected chi connectivity index (χ0v) is 21.9. The Hall–Kier alpha value is -0.850. The molecule has 0 aliphatic heterocycles. The Morgan fingerprint density at radius 1 is 1.11 bits per heavy atom. The van der Waals surface area contributed by atoms with Gasteiger partial charge in [-0.2, -0.15) is 11.8 Å². The molecule has 0 bridgehead atoms. The highest BCUT2D eigenvalue weighted by atomic mass is 32.2. The molecule has 0 radical (unpaired) electrons. The number of rotatable bonds is 4. The molecule has 0 spiro atoms. The summed E-state index contributed by atoms with van der Waals surface area (Å²) >= 11 is 1.88. The van der Waals surface area contributed by atoms with E-state index in [2.05, 4.69) is 106 Å². The van der Waals surface area contributed by atoms with E-state index in [1.165, 1.54) is 18.4 Å². The van der Waals surface area contributed by atoms with E-state index in [4.69, 9.17) is 0 Å². The molecule has 0 N–H and O–H groups in total. The van der Waals surface area contributed by atoms with Gasteiger partial charge in [0.1, 0.15) is 0 Å². The molecule has 0 saturated heterocycles. The van der Waals surface area contributed by atoms with Crippen LogP contribution in [0, 0.1) is 5.92 Å². The molecule has 0 heterocycles. The van der Waals surface area contributed by atoms with Crippen molar-refractivity contribution in [1.82, 2.24) is 4.90 Å². The highest BCUT2D eigenvalue weighted by Gasteiger charge is 2.15. The van der Waals surface area contributed by atoms with E-state index < -0.39 is 0 Å². The van der Waals surface area contributed by atoms with Crippen LogP contribution in [0.1, 0.15) is 89.0 Å². The predicted molar refractivity (Wildman–Crippen MR) is 134 cm³/mol. The second-order valence-corrected chi connectivity index (χ2v) is 10.4. The lowest BCUT2D eigenvalue weighted by Crippen LogP contribution is -2.36. The Balaban J connectivity index is -0.000000136. The summed E-state index contributed by atoms with van der Waals surface area (Å²) in [4.78, 5) is 2.16. The average molecular weight is 398 g/mol. The normalized spacial score (nSPS) is 11.0. The maximum absolute atomic E-state index is 3.87. The first kappa shape index (κ1) is 33.7. The van der Waals surface area contributed by atoms with E-state index in [9.17, 15) is 0 Å². The van der Waals surface area contributed by atoms with Crippen molar-refractivity contribution < 1.29 is 0 Å². The summed E-state index contributed by atoms with van der Waals surface area (Å²) in [6.45, 7) is 34.6. The van der Waals surface area contributed by atoms with E-state index >= 15 is 0 Å². The number of nitrogens with zero attached hydrogens (tertiary/aromatic N) is 1. The summed E-state index contributed by atoms with van der Waals surface area (Å²) in [7, 11) is 2.06. The standard InChI is InChI=1S/C8H17N.C8H16.C5H12S.C4H6/c1-7(2)9(6)8(3,4)5;1-5-6-8(4)7(2)3;1-5(2,3)6-4;1-3-4-2/h1H2,2-6H3;8H,2,5-6H2,1,3-4H3;1-4H3;4H,1H2,2H3. The fourth-order valence-corrected chi connectivity index (χ4v) is 1.25. The Bertz CT molecular complexity index is 415. The fraction of sp³-hybridized carbons (Fsp3) is 0.720. The Kier molecular flexibility index (Phi) is 23.1. The van der Waals surface area contributed by atoms with Gasteiger partial charge in [0.25, 0.3) is 0 Å². The van der Waals surface area contributed by atoms with Crippen molar-refractivity contribution in [3.8, 4) is 0 Å². The Labute approximate surface area is 178 Å². The van der Waals surface area contributed by atoms with Crippen LogP contribution in [0.4, 0.5) is 0 Å². The van der Waals surface area contributed by atoms with Crippen molar-refractivity contribution in [3.05, 3.63) is 42.8 Å². The van der Waals surface area contributed by atoms with Gasteiger partial charge in [-0.1, -0.05) is 66.3 Å². The largest absolute Gasteiger partial charge is 0.374 e. The van der Waals surface area contributed by atoms with Crippen LogP contribution in [0.3, 0.4) is 0 Å². The Morgan fingerprint density at radius 3 is 1.48 bits per heavy atom. The quantitative estimate of drug-likeness (QED) is 0.344. The van der Waals surface area contributed by atoms with Crippen molar-refractivity contribution in [2.24, 2.45) is 5.92 Å². The average Bonchev–Trinajstić information content (AvgIpc) is 2.54. The van der Waals surface area contributed by atoms with Crippen LogP contribution >= 0.6 is 11.8 Å². The summed E-state index contributed by atoms with van der Waals surface area (Å²) < 4.78 is 0.458. The smallest absolute Gasteiger partial charge is 0.0311 e. The van der Waals surface area contributed by atoms with Crippen LogP contribution < -0.4 is 0 Å². The minimum atomic E-state index is 0.214. The predicted octanol–water partition coefficient (Wildman–Crippen LogP) is 8.74. The monoisotopic (exact) mass is 397 g/mol. The molecule has 162 valence electrons. The molecule has 0 aliphatic rings. The molecule has 1 atom stereocenters. The van der Waals surface area contributed by atoms with Gasteiger partial charge in [0.05, 0.1) is 0 Å². The Morgan fingerprint density at radius 2 is 1.44 bits per heavy atom. The van der Waals surface area contributed by atoms with E-state index in [-0.39, 0.29) is 5.54 Å². The number of hydrogen-bond donors (Lipinski definition) is 0. The third-order valence-corrected chi connectivity index (χ3v) is 5.18. The zero-order chi connectivity index (χ0) is 22.8. The van der Waals surface area contributed by atoms with Crippen LogP contribution in [0.15, 0.2) is 42.8 Å². The molecule has 0 rings (SSSR count). The number of hydrogen-bond acceptors (Lipinski definition) is 2. The van der Waals surface area contributed by atoms with Crippen LogP contribution in [0.2, 0.25) is 0 Å². The molecule has 27 heavy (non-hydrogen) atoms. The molecular formula is C25H51NS. The molecular weight excluding hydrogens is 346 g/mol. The van der Waals surface area contributed by atoms with Crippen molar-refractivity contribution in [2.75, 3.05) is 13.3 Å². The highest BCUT2D eigenvalue weighted by molar-refractivity contribution is 7.99. The van der Waals surface area contributed by atoms with Gasteiger partial charge in [0.2, 0.25) is 0 Å². The topological polar surface area (TPSA) is 3.24 Å². The van der Waals surface area contributed by atoms with Gasteiger partial charge in [0.15, 0.2) is 0 Å². The van der Waals surface area contributed by atoms with Crippen LogP contribution in [0.25, 0.3) is 0 Å². The van der Waals surface area contributed by atoms with E-state index in [0.29, 0.717) is 4.75 Å². The van der Waals surface area contributed by atoms with Crippen molar-refractivity contribution in [1.29, 1.82) is 0 Å². The van der Waals surface area contributed by atoms with Crippen molar-refractivity contribution in [3.63, 3.8) is 0 Å². The molecule has 0 aromatic heterocycles. The van der Waals surface area contributed by atoms with Crippen molar-refractivity contribution in [2.45, 2.75) is 99.3 Å². The maximum atomic E-state index is 3.87. The summed E-state index contributed by atoms with van der Waals surface area (Å²) in [6.07, 6.45) is 6.45. The number of allylic oxidation sites excluding steroid dienone is 3. The number of thioether (sulfide) groups is 1. The molecule has 0 saturated carbocycles. The molecule has 0 aromatic rings. The van der Waals surface area contributed by atoms with Gasteiger partial charge in [-0.15, -0.1) is 5.73 Å². The first-order valence-electron chi connectivity index (χ1n) is 9.91.